The minimum atomic E-state index is 0.363. The summed E-state index contributed by atoms with van der Waals surface area (Å²) in [5.41, 5.74) is 2.72. The molecule has 0 radical (unpaired) electrons. The maximum absolute atomic E-state index is 9.16. The first kappa shape index (κ1) is 13.8. The van der Waals surface area contributed by atoms with Crippen LogP contribution in [0.15, 0.2) is 71.0 Å². The predicted molar refractivity (Wildman–Crippen MR) is 78.7 cm³/mol. The average molecular weight is 268 g/mol. The normalized spacial score (nSPS) is 12.4. The Balaban J connectivity index is 2.13. The summed E-state index contributed by atoms with van der Waals surface area (Å²) in [4.78, 5) is 0. The lowest BCUT2D eigenvalue weighted by atomic mass is 10.00. The second-order valence-electron chi connectivity index (χ2n) is 4.42. The van der Waals surface area contributed by atoms with E-state index in [1.807, 2.05) is 60.7 Å². The Hall–Kier alpha value is -2.62. The third-order valence-electron chi connectivity index (χ3n) is 3.00. The van der Waals surface area contributed by atoms with Gasteiger partial charge in [-0.1, -0.05) is 71.0 Å². The minimum absolute atomic E-state index is 0.363. The molecule has 2 N–H and O–H groups in total. The van der Waals surface area contributed by atoms with Crippen molar-refractivity contribution in [3.05, 3.63) is 71.8 Å². The summed E-state index contributed by atoms with van der Waals surface area (Å²) in [6, 6.07) is 19.2. The molecule has 0 aliphatic carbocycles. The zero-order chi connectivity index (χ0) is 14.2. The highest BCUT2D eigenvalue weighted by Gasteiger charge is 2.12. The number of benzene rings is 2. The van der Waals surface area contributed by atoms with E-state index in [4.69, 9.17) is 10.4 Å². The zero-order valence-corrected chi connectivity index (χ0v) is 11.0. The van der Waals surface area contributed by atoms with Crippen molar-refractivity contribution in [1.82, 2.24) is 0 Å². The van der Waals surface area contributed by atoms with Crippen molar-refractivity contribution in [3.8, 4) is 0 Å². The molecule has 102 valence electrons. The summed E-state index contributed by atoms with van der Waals surface area (Å²) in [7, 11) is 0. The van der Waals surface area contributed by atoms with E-state index < -0.39 is 0 Å². The van der Waals surface area contributed by atoms with Crippen molar-refractivity contribution in [3.63, 3.8) is 0 Å². The van der Waals surface area contributed by atoms with E-state index in [2.05, 4.69) is 10.3 Å². The summed E-state index contributed by atoms with van der Waals surface area (Å²) in [5, 5.41) is 24.9. The van der Waals surface area contributed by atoms with Crippen molar-refractivity contribution in [2.45, 2.75) is 12.8 Å². The number of oxime groups is 2. The Morgan fingerprint density at radius 2 is 1.00 bits per heavy atom. The molecular weight excluding hydrogens is 252 g/mol. The molecule has 2 rings (SSSR count). The summed E-state index contributed by atoms with van der Waals surface area (Å²) in [5.74, 6) is 0. The van der Waals surface area contributed by atoms with E-state index in [1.165, 1.54) is 0 Å². The van der Waals surface area contributed by atoms with Crippen LogP contribution in [0, 0.1) is 0 Å². The van der Waals surface area contributed by atoms with Gasteiger partial charge in [-0.3, -0.25) is 0 Å². The smallest absolute Gasteiger partial charge is 0.109 e. The van der Waals surface area contributed by atoms with Crippen molar-refractivity contribution < 1.29 is 10.4 Å². The van der Waals surface area contributed by atoms with Crippen LogP contribution in [0.2, 0.25) is 0 Å². The van der Waals surface area contributed by atoms with Gasteiger partial charge in [-0.25, -0.2) is 0 Å². The lowest BCUT2D eigenvalue weighted by molar-refractivity contribution is 0.313. The molecule has 0 saturated carbocycles. The summed E-state index contributed by atoms with van der Waals surface area (Å²) in [6.45, 7) is 0. The highest BCUT2D eigenvalue weighted by atomic mass is 16.4. The van der Waals surface area contributed by atoms with Crippen LogP contribution in [0.5, 0.6) is 0 Å². The van der Waals surface area contributed by atoms with Crippen LogP contribution in [0.25, 0.3) is 0 Å². The maximum atomic E-state index is 9.16. The van der Waals surface area contributed by atoms with Crippen molar-refractivity contribution >= 4 is 11.4 Å². The summed E-state index contributed by atoms with van der Waals surface area (Å²) < 4.78 is 0. The van der Waals surface area contributed by atoms with Crippen molar-refractivity contribution in [1.29, 1.82) is 0 Å². The third-order valence-corrected chi connectivity index (χ3v) is 3.00. The fourth-order valence-corrected chi connectivity index (χ4v) is 1.97. The Morgan fingerprint density at radius 3 is 1.30 bits per heavy atom. The fraction of sp³-hybridized carbons (Fsp3) is 0.125. The molecule has 0 aliphatic rings. The first-order valence-corrected chi connectivity index (χ1v) is 6.33. The van der Waals surface area contributed by atoms with Crippen LogP contribution in [0.4, 0.5) is 0 Å². The molecule has 4 nitrogen and oxygen atoms in total. The van der Waals surface area contributed by atoms with E-state index in [-0.39, 0.29) is 0 Å². The van der Waals surface area contributed by atoms with Gasteiger partial charge < -0.3 is 10.4 Å². The SMILES string of the molecule is O/N=C(Cc1ccccc1)/C(Cc1ccccc1)=N/O. The van der Waals surface area contributed by atoms with Gasteiger partial charge in [0.2, 0.25) is 0 Å². The molecule has 0 bridgehead atoms. The first-order chi connectivity index (χ1) is 9.83. The van der Waals surface area contributed by atoms with Crippen LogP contribution in [0.3, 0.4) is 0 Å². The highest BCUT2D eigenvalue weighted by Crippen LogP contribution is 2.07. The molecule has 0 atom stereocenters. The molecule has 0 unspecified atom stereocenters. The first-order valence-electron chi connectivity index (χ1n) is 6.33. The van der Waals surface area contributed by atoms with Gasteiger partial charge in [0.05, 0.1) is 0 Å². The van der Waals surface area contributed by atoms with Gasteiger partial charge in [-0.15, -0.1) is 0 Å². The second kappa shape index (κ2) is 7.09. The van der Waals surface area contributed by atoms with E-state index in [0.29, 0.717) is 24.3 Å². The lowest BCUT2D eigenvalue weighted by Gasteiger charge is -2.07. The molecule has 0 heterocycles. The van der Waals surface area contributed by atoms with Crippen LogP contribution in [-0.4, -0.2) is 21.8 Å². The monoisotopic (exact) mass is 268 g/mol. The quantitative estimate of drug-likeness (QED) is 0.497. The molecular formula is C16H16N2O2. The number of nitrogens with zero attached hydrogens (tertiary/aromatic N) is 2. The van der Waals surface area contributed by atoms with Gasteiger partial charge >= 0.3 is 0 Å². The zero-order valence-electron chi connectivity index (χ0n) is 11.0. The van der Waals surface area contributed by atoms with Gasteiger partial charge in [0.1, 0.15) is 11.4 Å². The molecule has 2 aromatic rings. The third kappa shape index (κ3) is 3.68. The summed E-state index contributed by atoms with van der Waals surface area (Å²) >= 11 is 0. The molecule has 0 amide bonds. The Bertz CT molecular complexity index is 537. The molecule has 20 heavy (non-hydrogen) atoms. The second-order valence-corrected chi connectivity index (χ2v) is 4.42. The predicted octanol–water partition coefficient (Wildman–Crippen LogP) is 3.13. The number of rotatable bonds is 5. The van der Waals surface area contributed by atoms with Crippen molar-refractivity contribution in [2.24, 2.45) is 10.3 Å². The Morgan fingerprint density at radius 1 is 0.650 bits per heavy atom. The molecule has 0 spiro atoms. The Kier molecular flexibility index (Phi) is 4.89. The van der Waals surface area contributed by atoms with E-state index >= 15 is 0 Å². The molecule has 4 heteroatoms. The van der Waals surface area contributed by atoms with Gasteiger partial charge in [-0.05, 0) is 11.1 Å². The van der Waals surface area contributed by atoms with Crippen LogP contribution in [-0.2, 0) is 12.8 Å². The van der Waals surface area contributed by atoms with Crippen LogP contribution >= 0.6 is 0 Å². The van der Waals surface area contributed by atoms with Gasteiger partial charge in [0.15, 0.2) is 0 Å². The van der Waals surface area contributed by atoms with Gasteiger partial charge in [-0.2, -0.15) is 0 Å². The molecule has 2 aromatic carbocycles. The van der Waals surface area contributed by atoms with Crippen LogP contribution in [0.1, 0.15) is 11.1 Å². The lowest BCUT2D eigenvalue weighted by Crippen LogP contribution is -2.20. The fourth-order valence-electron chi connectivity index (χ4n) is 1.97. The minimum Gasteiger partial charge on any atom is -0.411 e. The average Bonchev–Trinajstić information content (AvgIpc) is 2.52. The van der Waals surface area contributed by atoms with E-state index in [1.54, 1.807) is 0 Å². The molecule has 0 saturated heterocycles. The highest BCUT2D eigenvalue weighted by molar-refractivity contribution is 6.42. The Labute approximate surface area is 117 Å². The molecule has 0 fully saturated rings. The van der Waals surface area contributed by atoms with Crippen molar-refractivity contribution in [2.75, 3.05) is 0 Å². The maximum Gasteiger partial charge on any atom is 0.109 e. The number of hydrogen-bond donors (Lipinski definition) is 2. The van der Waals surface area contributed by atoms with Gasteiger partial charge in [0, 0.05) is 12.8 Å². The number of hydrogen-bond acceptors (Lipinski definition) is 4. The van der Waals surface area contributed by atoms with E-state index in [0.717, 1.165) is 11.1 Å². The van der Waals surface area contributed by atoms with Crippen LogP contribution < -0.4 is 0 Å². The van der Waals surface area contributed by atoms with E-state index in [9.17, 15) is 0 Å². The topological polar surface area (TPSA) is 65.2 Å². The molecule has 0 aromatic heterocycles. The largest absolute Gasteiger partial charge is 0.411 e. The standard InChI is InChI=1S/C16H16N2O2/c19-17-15(11-13-7-3-1-4-8-13)16(18-20)12-14-9-5-2-6-10-14/h1-10,19-20H,11-12H2/b17-15+,18-16+. The summed E-state index contributed by atoms with van der Waals surface area (Å²) in [6.07, 6.45) is 0.840. The van der Waals surface area contributed by atoms with Gasteiger partial charge in [0.25, 0.3) is 0 Å². The molecule has 0 aliphatic heterocycles.